The van der Waals surface area contributed by atoms with Gasteiger partial charge in [0, 0.05) is 12.1 Å². The fourth-order valence-corrected chi connectivity index (χ4v) is 2.30. The third kappa shape index (κ3) is 4.19. The highest BCUT2D eigenvalue weighted by Gasteiger charge is 2.18. The smallest absolute Gasteiger partial charge is 0.277 e. The zero-order chi connectivity index (χ0) is 15.2. The van der Waals surface area contributed by atoms with Crippen LogP contribution in [0.25, 0.3) is 11.5 Å². The highest BCUT2D eigenvalue weighted by atomic mass is 32.2. The lowest BCUT2D eigenvalue weighted by molar-refractivity contribution is -0.120. The summed E-state index contributed by atoms with van der Waals surface area (Å²) in [6.07, 6.45) is 1.64. The summed E-state index contributed by atoms with van der Waals surface area (Å²) in [7, 11) is 0. The van der Waals surface area contributed by atoms with Crippen LogP contribution in [0.1, 0.15) is 12.5 Å². The van der Waals surface area contributed by atoms with Crippen LogP contribution >= 0.6 is 11.8 Å². The molecule has 21 heavy (non-hydrogen) atoms. The molecule has 0 aliphatic heterocycles. The van der Waals surface area contributed by atoms with Crippen molar-refractivity contribution >= 4 is 17.7 Å². The van der Waals surface area contributed by atoms with E-state index in [4.69, 9.17) is 4.42 Å². The molecule has 0 aliphatic carbocycles. The first-order valence-corrected chi connectivity index (χ1v) is 7.44. The molecule has 6 heteroatoms. The average molecular weight is 303 g/mol. The molecular weight excluding hydrogens is 286 g/mol. The van der Waals surface area contributed by atoms with E-state index in [1.165, 1.54) is 17.3 Å². The largest absolute Gasteiger partial charge is 0.411 e. The Hall–Kier alpha value is -2.08. The van der Waals surface area contributed by atoms with Crippen molar-refractivity contribution in [3.05, 3.63) is 42.5 Å². The fraction of sp³-hybridized carbons (Fsp3) is 0.267. The zero-order valence-electron chi connectivity index (χ0n) is 12.0. The summed E-state index contributed by atoms with van der Waals surface area (Å²) in [6, 6.07) is 7.82. The van der Waals surface area contributed by atoms with Gasteiger partial charge in [0.25, 0.3) is 5.22 Å². The molecular formula is C15H17N3O2S. The Morgan fingerprint density at radius 1 is 1.43 bits per heavy atom. The van der Waals surface area contributed by atoms with E-state index in [0.717, 1.165) is 5.56 Å². The van der Waals surface area contributed by atoms with Crippen LogP contribution in [0.2, 0.25) is 0 Å². The van der Waals surface area contributed by atoms with Crippen LogP contribution in [0.5, 0.6) is 0 Å². The molecule has 0 spiro atoms. The number of nitrogens with one attached hydrogen (secondary N) is 1. The Morgan fingerprint density at radius 2 is 2.14 bits per heavy atom. The Balaban J connectivity index is 2.01. The minimum Gasteiger partial charge on any atom is -0.411 e. The maximum atomic E-state index is 11.8. The third-order valence-corrected chi connectivity index (χ3v) is 3.71. The number of carbonyl (C=O) groups is 1. The normalized spacial score (nSPS) is 11.9. The minimum absolute atomic E-state index is 0.0880. The first kappa shape index (κ1) is 15.3. The van der Waals surface area contributed by atoms with Crippen molar-refractivity contribution in [3.63, 3.8) is 0 Å². The van der Waals surface area contributed by atoms with Crippen molar-refractivity contribution in [1.82, 2.24) is 15.5 Å². The molecule has 1 N–H and O–H groups in total. The van der Waals surface area contributed by atoms with Crippen LogP contribution < -0.4 is 5.32 Å². The third-order valence-electron chi connectivity index (χ3n) is 2.77. The summed E-state index contributed by atoms with van der Waals surface area (Å²) in [5.41, 5.74) is 2.03. The van der Waals surface area contributed by atoms with Crippen LogP contribution in [0.4, 0.5) is 0 Å². The molecule has 0 saturated carbocycles. The number of carbonyl (C=O) groups excluding carboxylic acids is 1. The van der Waals surface area contributed by atoms with Crippen molar-refractivity contribution in [2.24, 2.45) is 0 Å². The van der Waals surface area contributed by atoms with Gasteiger partial charge < -0.3 is 9.73 Å². The molecule has 1 aromatic heterocycles. The van der Waals surface area contributed by atoms with E-state index in [1.54, 1.807) is 13.0 Å². The number of hydrogen-bond acceptors (Lipinski definition) is 5. The van der Waals surface area contributed by atoms with Gasteiger partial charge in [0.05, 0.1) is 5.25 Å². The van der Waals surface area contributed by atoms with Crippen LogP contribution in [-0.2, 0) is 4.79 Å². The predicted molar refractivity (Wildman–Crippen MR) is 83.0 cm³/mol. The van der Waals surface area contributed by atoms with Crippen LogP contribution in [-0.4, -0.2) is 27.9 Å². The van der Waals surface area contributed by atoms with Crippen molar-refractivity contribution in [1.29, 1.82) is 0 Å². The van der Waals surface area contributed by atoms with Crippen LogP contribution in [0.15, 0.2) is 46.6 Å². The molecule has 1 aromatic carbocycles. The first-order valence-electron chi connectivity index (χ1n) is 6.56. The van der Waals surface area contributed by atoms with E-state index >= 15 is 0 Å². The number of nitrogens with zero attached hydrogens (tertiary/aromatic N) is 2. The van der Waals surface area contributed by atoms with E-state index in [0.29, 0.717) is 17.7 Å². The molecule has 0 aliphatic rings. The summed E-state index contributed by atoms with van der Waals surface area (Å²) in [6.45, 7) is 7.81. The molecule has 5 nitrogen and oxygen atoms in total. The highest BCUT2D eigenvalue weighted by molar-refractivity contribution is 8.00. The summed E-state index contributed by atoms with van der Waals surface area (Å²) in [4.78, 5) is 11.8. The van der Waals surface area contributed by atoms with Gasteiger partial charge in [-0.05, 0) is 26.0 Å². The summed E-state index contributed by atoms with van der Waals surface area (Å²) in [5.74, 6) is 0.367. The van der Waals surface area contributed by atoms with E-state index in [1.807, 2.05) is 31.2 Å². The number of aromatic nitrogens is 2. The van der Waals surface area contributed by atoms with E-state index in [2.05, 4.69) is 22.1 Å². The molecule has 1 amide bonds. The summed E-state index contributed by atoms with van der Waals surface area (Å²) < 4.78 is 5.58. The average Bonchev–Trinajstić information content (AvgIpc) is 2.93. The fourth-order valence-electron chi connectivity index (χ4n) is 1.59. The van der Waals surface area contributed by atoms with Gasteiger partial charge >= 0.3 is 0 Å². The quantitative estimate of drug-likeness (QED) is 0.656. The van der Waals surface area contributed by atoms with Crippen molar-refractivity contribution in [3.8, 4) is 11.5 Å². The Kier molecular flexibility index (Phi) is 5.16. The molecule has 0 fully saturated rings. The number of benzene rings is 1. The van der Waals surface area contributed by atoms with Gasteiger partial charge in [0.2, 0.25) is 11.8 Å². The lowest BCUT2D eigenvalue weighted by Crippen LogP contribution is -2.30. The molecule has 110 valence electrons. The van der Waals surface area contributed by atoms with Crippen molar-refractivity contribution in [2.45, 2.75) is 24.3 Å². The predicted octanol–water partition coefficient (Wildman–Crippen LogP) is 2.83. The number of rotatable bonds is 6. The maximum Gasteiger partial charge on any atom is 0.277 e. The van der Waals surface area contributed by atoms with Crippen LogP contribution in [0.3, 0.4) is 0 Å². The second-order valence-electron chi connectivity index (χ2n) is 4.53. The van der Waals surface area contributed by atoms with E-state index < -0.39 is 0 Å². The second-order valence-corrected chi connectivity index (χ2v) is 5.83. The van der Waals surface area contributed by atoms with Crippen molar-refractivity contribution < 1.29 is 9.21 Å². The molecule has 0 saturated heterocycles. The van der Waals surface area contributed by atoms with Gasteiger partial charge in [-0.2, -0.15) is 0 Å². The van der Waals surface area contributed by atoms with Gasteiger partial charge in [-0.15, -0.1) is 16.8 Å². The zero-order valence-corrected chi connectivity index (χ0v) is 12.8. The Labute approximate surface area is 127 Å². The van der Waals surface area contributed by atoms with Crippen molar-refractivity contribution in [2.75, 3.05) is 6.54 Å². The lowest BCUT2D eigenvalue weighted by Gasteiger charge is -2.07. The second kappa shape index (κ2) is 7.08. The molecule has 2 aromatic rings. The van der Waals surface area contributed by atoms with Gasteiger partial charge in [-0.3, -0.25) is 4.79 Å². The SMILES string of the molecule is C=CCNC(=O)[C@@H](C)Sc1nnc(-c2ccc(C)cc2)o1. The van der Waals surface area contributed by atoms with Crippen LogP contribution in [0, 0.1) is 6.92 Å². The summed E-state index contributed by atoms with van der Waals surface area (Å²) >= 11 is 1.23. The van der Waals surface area contributed by atoms with E-state index in [-0.39, 0.29) is 11.2 Å². The molecule has 0 radical (unpaired) electrons. The number of hydrogen-bond donors (Lipinski definition) is 1. The van der Waals surface area contributed by atoms with Gasteiger partial charge in [-0.25, -0.2) is 0 Å². The number of amides is 1. The van der Waals surface area contributed by atoms with Gasteiger partial charge in [-0.1, -0.05) is 35.5 Å². The lowest BCUT2D eigenvalue weighted by atomic mass is 10.1. The first-order chi connectivity index (χ1) is 10.1. The number of thioether (sulfide) groups is 1. The Morgan fingerprint density at radius 3 is 2.81 bits per heavy atom. The molecule has 1 atom stereocenters. The van der Waals surface area contributed by atoms with Gasteiger partial charge in [0.1, 0.15) is 0 Å². The molecule has 0 unspecified atom stereocenters. The standard InChI is InChI=1S/C15H17N3O2S/c1-4-9-16-13(19)11(3)21-15-18-17-14(20-15)12-7-5-10(2)6-8-12/h4-8,11H,1,9H2,2-3H3,(H,16,19)/t11-/m1/s1. The topological polar surface area (TPSA) is 68.0 Å². The minimum atomic E-state index is -0.309. The monoisotopic (exact) mass is 303 g/mol. The number of aryl methyl sites for hydroxylation is 1. The van der Waals surface area contributed by atoms with Gasteiger partial charge in [0.15, 0.2) is 0 Å². The maximum absolute atomic E-state index is 11.8. The van der Waals surface area contributed by atoms with E-state index in [9.17, 15) is 4.79 Å². The summed E-state index contributed by atoms with van der Waals surface area (Å²) in [5, 5.41) is 10.8. The molecule has 1 heterocycles. The Bertz CT molecular complexity index is 622. The molecule has 0 bridgehead atoms. The molecule has 2 rings (SSSR count). The highest BCUT2D eigenvalue weighted by Crippen LogP contribution is 2.26.